The zero-order valence-corrected chi connectivity index (χ0v) is 11.8. The maximum Gasteiger partial charge on any atom is 0.137 e. The molecule has 0 atom stereocenters. The molecule has 4 heteroatoms. The standard InChI is InChI=1S/C14H17BrFNO/c15-12-7-9(16)6-11(14(8-17)4-5-14)13(12)18-10-2-1-3-10/h6-7,10H,1-5,8,17H2. The zero-order valence-electron chi connectivity index (χ0n) is 10.2. The van der Waals surface area contributed by atoms with Crippen LogP contribution in [0, 0.1) is 5.82 Å². The van der Waals surface area contributed by atoms with Gasteiger partial charge in [-0.05, 0) is 60.2 Å². The van der Waals surface area contributed by atoms with E-state index >= 15 is 0 Å². The van der Waals surface area contributed by atoms with Crippen LogP contribution >= 0.6 is 15.9 Å². The van der Waals surface area contributed by atoms with Crippen LogP contribution in [0.15, 0.2) is 16.6 Å². The molecule has 2 fully saturated rings. The first-order valence-electron chi connectivity index (χ1n) is 6.51. The SMILES string of the molecule is NCC1(c2cc(F)cc(Br)c2OC2CCC2)CC1. The molecule has 0 unspecified atom stereocenters. The number of halogens is 2. The number of hydrogen-bond acceptors (Lipinski definition) is 2. The third-order valence-corrected chi connectivity index (χ3v) is 4.75. The maximum atomic E-state index is 13.6. The molecule has 0 heterocycles. The van der Waals surface area contributed by atoms with Crippen molar-refractivity contribution in [3.8, 4) is 5.75 Å². The molecular weight excluding hydrogens is 297 g/mol. The molecule has 18 heavy (non-hydrogen) atoms. The highest BCUT2D eigenvalue weighted by Crippen LogP contribution is 2.52. The molecule has 0 saturated heterocycles. The highest BCUT2D eigenvalue weighted by atomic mass is 79.9. The number of hydrogen-bond donors (Lipinski definition) is 1. The number of nitrogens with two attached hydrogens (primary N) is 1. The van der Waals surface area contributed by atoms with E-state index in [9.17, 15) is 4.39 Å². The van der Waals surface area contributed by atoms with Crippen molar-refractivity contribution in [2.75, 3.05) is 6.54 Å². The summed E-state index contributed by atoms with van der Waals surface area (Å²) in [6.07, 6.45) is 5.76. The van der Waals surface area contributed by atoms with Crippen LogP contribution in [0.2, 0.25) is 0 Å². The lowest BCUT2D eigenvalue weighted by Crippen LogP contribution is -2.27. The van der Waals surface area contributed by atoms with Crippen molar-refractivity contribution in [3.63, 3.8) is 0 Å². The van der Waals surface area contributed by atoms with E-state index in [1.807, 2.05) is 0 Å². The largest absolute Gasteiger partial charge is 0.489 e. The molecule has 0 amide bonds. The second-order valence-electron chi connectivity index (χ2n) is 5.42. The van der Waals surface area contributed by atoms with Crippen molar-refractivity contribution in [3.05, 3.63) is 28.0 Å². The van der Waals surface area contributed by atoms with Gasteiger partial charge in [-0.15, -0.1) is 0 Å². The number of rotatable bonds is 4. The highest BCUT2D eigenvalue weighted by Gasteiger charge is 2.46. The van der Waals surface area contributed by atoms with E-state index in [1.165, 1.54) is 12.5 Å². The van der Waals surface area contributed by atoms with Gasteiger partial charge in [0.25, 0.3) is 0 Å². The Morgan fingerprint density at radius 2 is 2.11 bits per heavy atom. The van der Waals surface area contributed by atoms with Crippen molar-refractivity contribution in [2.24, 2.45) is 5.73 Å². The fourth-order valence-electron chi connectivity index (χ4n) is 2.46. The topological polar surface area (TPSA) is 35.2 Å². The first-order valence-corrected chi connectivity index (χ1v) is 7.30. The molecule has 2 saturated carbocycles. The predicted octanol–water partition coefficient (Wildman–Crippen LogP) is 3.51. The molecule has 2 aliphatic carbocycles. The summed E-state index contributed by atoms with van der Waals surface area (Å²) in [6.45, 7) is 0.559. The summed E-state index contributed by atoms with van der Waals surface area (Å²) in [5, 5.41) is 0. The molecule has 3 rings (SSSR count). The molecule has 1 aromatic carbocycles. The van der Waals surface area contributed by atoms with E-state index in [4.69, 9.17) is 10.5 Å². The first kappa shape index (κ1) is 12.4. The van der Waals surface area contributed by atoms with Gasteiger partial charge >= 0.3 is 0 Å². The minimum Gasteiger partial charge on any atom is -0.489 e. The molecule has 0 spiro atoms. The maximum absolute atomic E-state index is 13.6. The van der Waals surface area contributed by atoms with Gasteiger partial charge in [-0.3, -0.25) is 0 Å². The number of ether oxygens (including phenoxy) is 1. The van der Waals surface area contributed by atoms with Gasteiger partial charge in [-0.2, -0.15) is 0 Å². The lowest BCUT2D eigenvalue weighted by atomic mass is 9.93. The predicted molar refractivity (Wildman–Crippen MR) is 72.3 cm³/mol. The fourth-order valence-corrected chi connectivity index (χ4v) is 2.99. The summed E-state index contributed by atoms with van der Waals surface area (Å²) in [5.74, 6) is 0.585. The van der Waals surface area contributed by atoms with Crippen LogP contribution in [-0.4, -0.2) is 12.6 Å². The highest BCUT2D eigenvalue weighted by molar-refractivity contribution is 9.10. The zero-order chi connectivity index (χ0) is 12.8. The Kier molecular flexibility index (Phi) is 3.10. The monoisotopic (exact) mass is 313 g/mol. The molecule has 2 nitrogen and oxygen atoms in total. The van der Waals surface area contributed by atoms with Gasteiger partial charge in [-0.25, -0.2) is 4.39 Å². The van der Waals surface area contributed by atoms with Crippen LogP contribution in [0.3, 0.4) is 0 Å². The third kappa shape index (κ3) is 2.05. The Morgan fingerprint density at radius 1 is 1.39 bits per heavy atom. The Bertz CT molecular complexity index is 469. The van der Waals surface area contributed by atoms with Gasteiger partial charge in [0.15, 0.2) is 0 Å². The summed E-state index contributed by atoms with van der Waals surface area (Å²) in [7, 11) is 0. The summed E-state index contributed by atoms with van der Waals surface area (Å²) >= 11 is 3.42. The molecule has 98 valence electrons. The van der Waals surface area contributed by atoms with E-state index < -0.39 is 0 Å². The van der Waals surface area contributed by atoms with Crippen LogP contribution in [0.5, 0.6) is 5.75 Å². The normalized spacial score (nSPS) is 21.5. The van der Waals surface area contributed by atoms with Crippen LogP contribution in [0.4, 0.5) is 4.39 Å². The van der Waals surface area contributed by atoms with Gasteiger partial charge in [0, 0.05) is 17.5 Å². The Balaban J connectivity index is 1.98. The van der Waals surface area contributed by atoms with E-state index in [1.54, 1.807) is 6.07 Å². The molecular formula is C14H17BrFNO. The molecule has 0 aliphatic heterocycles. The van der Waals surface area contributed by atoms with Crippen molar-refractivity contribution >= 4 is 15.9 Å². The second kappa shape index (κ2) is 4.49. The third-order valence-electron chi connectivity index (χ3n) is 4.16. The van der Waals surface area contributed by atoms with Crippen molar-refractivity contribution in [1.82, 2.24) is 0 Å². The van der Waals surface area contributed by atoms with Crippen LogP contribution in [0.1, 0.15) is 37.7 Å². The van der Waals surface area contributed by atoms with Crippen molar-refractivity contribution in [2.45, 2.75) is 43.6 Å². The van der Waals surface area contributed by atoms with E-state index in [2.05, 4.69) is 15.9 Å². The lowest BCUT2D eigenvalue weighted by Gasteiger charge is -2.29. The van der Waals surface area contributed by atoms with Crippen molar-refractivity contribution < 1.29 is 9.13 Å². The summed E-state index contributed by atoms with van der Waals surface area (Å²) < 4.78 is 20.3. The lowest BCUT2D eigenvalue weighted by molar-refractivity contribution is 0.117. The minimum atomic E-state index is -0.224. The molecule has 0 radical (unpaired) electrons. The Labute approximate surface area is 115 Å². The fraction of sp³-hybridized carbons (Fsp3) is 0.571. The summed E-state index contributed by atoms with van der Waals surface area (Å²) in [5.41, 5.74) is 6.75. The summed E-state index contributed by atoms with van der Waals surface area (Å²) in [6, 6.07) is 3.07. The van der Waals surface area contributed by atoms with E-state index in [0.29, 0.717) is 17.1 Å². The quantitative estimate of drug-likeness (QED) is 0.923. The Morgan fingerprint density at radius 3 is 2.61 bits per heavy atom. The summed E-state index contributed by atoms with van der Waals surface area (Å²) in [4.78, 5) is 0. The van der Waals surface area contributed by atoms with Crippen LogP contribution in [0.25, 0.3) is 0 Å². The van der Waals surface area contributed by atoms with Crippen LogP contribution < -0.4 is 10.5 Å². The van der Waals surface area contributed by atoms with Gasteiger partial charge in [0.1, 0.15) is 11.6 Å². The van der Waals surface area contributed by atoms with Crippen LogP contribution in [-0.2, 0) is 5.41 Å². The first-order chi connectivity index (χ1) is 8.64. The Hall–Kier alpha value is -0.610. The van der Waals surface area contributed by atoms with E-state index in [0.717, 1.165) is 37.0 Å². The average molecular weight is 314 g/mol. The van der Waals surface area contributed by atoms with E-state index in [-0.39, 0.29) is 11.2 Å². The molecule has 2 aliphatic rings. The molecule has 0 aromatic heterocycles. The van der Waals surface area contributed by atoms with Crippen molar-refractivity contribution in [1.29, 1.82) is 0 Å². The smallest absolute Gasteiger partial charge is 0.137 e. The van der Waals surface area contributed by atoms with Gasteiger partial charge in [0.2, 0.25) is 0 Å². The molecule has 2 N–H and O–H groups in total. The minimum absolute atomic E-state index is 0.0519. The second-order valence-corrected chi connectivity index (χ2v) is 6.27. The molecule has 1 aromatic rings. The van der Waals surface area contributed by atoms with Gasteiger partial charge in [0.05, 0.1) is 10.6 Å². The van der Waals surface area contributed by atoms with Gasteiger partial charge in [-0.1, -0.05) is 0 Å². The molecule has 0 bridgehead atoms. The average Bonchev–Trinajstić information content (AvgIpc) is 3.05. The number of benzene rings is 1. The van der Waals surface area contributed by atoms with Gasteiger partial charge < -0.3 is 10.5 Å².